The maximum atomic E-state index is 6.10. The lowest BCUT2D eigenvalue weighted by Crippen LogP contribution is -2.09. The van der Waals surface area contributed by atoms with Crippen LogP contribution in [-0.2, 0) is 6.54 Å². The van der Waals surface area contributed by atoms with E-state index in [9.17, 15) is 0 Å². The van der Waals surface area contributed by atoms with Crippen molar-refractivity contribution in [1.82, 2.24) is 5.43 Å². The monoisotopic (exact) mass is 302 g/mol. The van der Waals surface area contributed by atoms with Crippen LogP contribution in [0.15, 0.2) is 53.6 Å². The minimum atomic E-state index is 0.605. The molecule has 0 atom stereocenters. The van der Waals surface area contributed by atoms with Gasteiger partial charge in [0.15, 0.2) is 0 Å². The van der Waals surface area contributed by atoms with E-state index in [0.717, 1.165) is 27.6 Å². The van der Waals surface area contributed by atoms with Gasteiger partial charge in [-0.15, -0.1) is 0 Å². The van der Waals surface area contributed by atoms with Crippen molar-refractivity contribution in [2.45, 2.75) is 20.4 Å². The number of nitrogens with zero attached hydrogens (tertiary/aromatic N) is 1. The molecular formula is C17H19ClN2O. The van der Waals surface area contributed by atoms with Gasteiger partial charge in [0, 0.05) is 5.02 Å². The SMILES string of the molecule is CCOc1ccc(/C(C)=N\NCc2ccccc2Cl)cc1. The van der Waals surface area contributed by atoms with Gasteiger partial charge in [-0.3, -0.25) is 0 Å². The lowest BCUT2D eigenvalue weighted by atomic mass is 10.1. The Morgan fingerprint density at radius 3 is 2.52 bits per heavy atom. The van der Waals surface area contributed by atoms with Gasteiger partial charge >= 0.3 is 0 Å². The molecule has 2 rings (SSSR count). The second kappa shape index (κ2) is 7.70. The van der Waals surface area contributed by atoms with Gasteiger partial charge in [0.2, 0.25) is 0 Å². The van der Waals surface area contributed by atoms with Crippen LogP contribution in [0.2, 0.25) is 5.02 Å². The highest BCUT2D eigenvalue weighted by molar-refractivity contribution is 6.31. The third-order valence-corrected chi connectivity index (χ3v) is 3.43. The Kier molecular flexibility index (Phi) is 5.64. The van der Waals surface area contributed by atoms with Crippen molar-refractivity contribution < 1.29 is 4.74 Å². The molecule has 0 amide bonds. The van der Waals surface area contributed by atoms with Crippen LogP contribution in [0.1, 0.15) is 25.0 Å². The summed E-state index contributed by atoms with van der Waals surface area (Å²) in [5, 5.41) is 5.12. The molecule has 0 spiro atoms. The fourth-order valence-corrected chi connectivity index (χ4v) is 2.11. The maximum absolute atomic E-state index is 6.10. The number of hydrogen-bond donors (Lipinski definition) is 1. The minimum absolute atomic E-state index is 0.605. The summed E-state index contributed by atoms with van der Waals surface area (Å²) in [5.41, 5.74) is 6.06. The van der Waals surface area contributed by atoms with Gasteiger partial charge in [-0.2, -0.15) is 5.10 Å². The first-order valence-electron chi connectivity index (χ1n) is 6.94. The smallest absolute Gasteiger partial charge is 0.119 e. The van der Waals surface area contributed by atoms with Gasteiger partial charge in [0.1, 0.15) is 5.75 Å². The Morgan fingerprint density at radius 1 is 1.14 bits per heavy atom. The molecule has 0 unspecified atom stereocenters. The highest BCUT2D eigenvalue weighted by Gasteiger charge is 2.00. The molecule has 0 aliphatic carbocycles. The number of benzene rings is 2. The molecule has 0 saturated heterocycles. The van der Waals surface area contributed by atoms with E-state index in [2.05, 4.69) is 10.5 Å². The lowest BCUT2D eigenvalue weighted by Gasteiger charge is -2.07. The Hall–Kier alpha value is -2.00. The molecule has 110 valence electrons. The van der Waals surface area contributed by atoms with Crippen LogP contribution < -0.4 is 10.2 Å². The fourth-order valence-electron chi connectivity index (χ4n) is 1.91. The van der Waals surface area contributed by atoms with E-state index >= 15 is 0 Å². The quantitative estimate of drug-likeness (QED) is 0.639. The summed E-state index contributed by atoms with van der Waals surface area (Å²) in [6.07, 6.45) is 0. The number of rotatable bonds is 6. The van der Waals surface area contributed by atoms with Crippen molar-refractivity contribution in [1.29, 1.82) is 0 Å². The minimum Gasteiger partial charge on any atom is -0.494 e. The zero-order chi connectivity index (χ0) is 15.1. The Morgan fingerprint density at radius 2 is 1.86 bits per heavy atom. The number of hydrogen-bond acceptors (Lipinski definition) is 3. The van der Waals surface area contributed by atoms with E-state index in [1.807, 2.05) is 62.4 Å². The summed E-state index contributed by atoms with van der Waals surface area (Å²) >= 11 is 6.10. The molecule has 0 bridgehead atoms. The molecule has 2 aromatic rings. The zero-order valence-electron chi connectivity index (χ0n) is 12.3. The van der Waals surface area contributed by atoms with Crippen molar-refractivity contribution in [2.75, 3.05) is 6.61 Å². The highest BCUT2D eigenvalue weighted by Crippen LogP contribution is 2.15. The Balaban J connectivity index is 1.96. The molecule has 0 aromatic heterocycles. The van der Waals surface area contributed by atoms with Crippen molar-refractivity contribution >= 4 is 17.3 Å². The van der Waals surface area contributed by atoms with Crippen molar-refractivity contribution in [3.63, 3.8) is 0 Å². The molecule has 0 heterocycles. The highest BCUT2D eigenvalue weighted by atomic mass is 35.5. The number of hydrazone groups is 1. The summed E-state index contributed by atoms with van der Waals surface area (Å²) in [4.78, 5) is 0. The molecular weight excluding hydrogens is 284 g/mol. The summed E-state index contributed by atoms with van der Waals surface area (Å²) in [5.74, 6) is 0.873. The van der Waals surface area contributed by atoms with Gasteiger partial charge in [0.05, 0.1) is 18.9 Å². The molecule has 0 radical (unpaired) electrons. The van der Waals surface area contributed by atoms with Crippen LogP contribution >= 0.6 is 11.6 Å². The Bertz CT molecular complexity index is 608. The third kappa shape index (κ3) is 4.50. The summed E-state index contributed by atoms with van der Waals surface area (Å²) in [6.45, 7) is 5.22. The van der Waals surface area contributed by atoms with E-state index in [1.165, 1.54) is 0 Å². The molecule has 21 heavy (non-hydrogen) atoms. The first-order valence-corrected chi connectivity index (χ1v) is 7.32. The second-order valence-electron chi connectivity index (χ2n) is 4.58. The lowest BCUT2D eigenvalue weighted by molar-refractivity contribution is 0.340. The first kappa shape index (κ1) is 15.4. The molecule has 0 aliphatic heterocycles. The molecule has 0 aliphatic rings. The molecule has 1 N–H and O–H groups in total. The third-order valence-electron chi connectivity index (χ3n) is 3.06. The summed E-state index contributed by atoms with van der Waals surface area (Å²) in [6, 6.07) is 15.6. The van der Waals surface area contributed by atoms with E-state index in [1.54, 1.807) is 0 Å². The largest absolute Gasteiger partial charge is 0.494 e. The van der Waals surface area contributed by atoms with Crippen LogP contribution in [0, 0.1) is 0 Å². The van der Waals surface area contributed by atoms with Crippen LogP contribution in [-0.4, -0.2) is 12.3 Å². The second-order valence-corrected chi connectivity index (χ2v) is 4.99. The van der Waals surface area contributed by atoms with Gasteiger partial charge < -0.3 is 10.2 Å². The fraction of sp³-hybridized carbons (Fsp3) is 0.235. The van der Waals surface area contributed by atoms with Gasteiger partial charge in [-0.05, 0) is 55.3 Å². The van der Waals surface area contributed by atoms with E-state index in [0.29, 0.717) is 13.2 Å². The van der Waals surface area contributed by atoms with E-state index in [4.69, 9.17) is 16.3 Å². The van der Waals surface area contributed by atoms with Crippen molar-refractivity contribution in [3.8, 4) is 5.75 Å². The predicted molar refractivity (Wildman–Crippen MR) is 88.1 cm³/mol. The van der Waals surface area contributed by atoms with Crippen LogP contribution in [0.5, 0.6) is 5.75 Å². The van der Waals surface area contributed by atoms with Gasteiger partial charge in [0.25, 0.3) is 0 Å². The van der Waals surface area contributed by atoms with Gasteiger partial charge in [-0.1, -0.05) is 29.8 Å². The van der Waals surface area contributed by atoms with Crippen LogP contribution in [0.25, 0.3) is 0 Å². The molecule has 3 nitrogen and oxygen atoms in total. The molecule has 2 aromatic carbocycles. The summed E-state index contributed by atoms with van der Waals surface area (Å²) in [7, 11) is 0. The molecule has 0 saturated carbocycles. The Labute approximate surface area is 130 Å². The number of nitrogens with one attached hydrogen (secondary N) is 1. The number of halogens is 1. The van der Waals surface area contributed by atoms with Gasteiger partial charge in [-0.25, -0.2) is 0 Å². The first-order chi connectivity index (χ1) is 10.2. The maximum Gasteiger partial charge on any atom is 0.119 e. The summed E-state index contributed by atoms with van der Waals surface area (Å²) < 4.78 is 5.42. The number of ether oxygens (including phenoxy) is 1. The van der Waals surface area contributed by atoms with E-state index in [-0.39, 0.29) is 0 Å². The predicted octanol–water partition coefficient (Wildman–Crippen LogP) is 4.25. The molecule has 4 heteroatoms. The molecule has 0 fully saturated rings. The normalized spacial score (nSPS) is 11.3. The standard InChI is InChI=1S/C17H19ClN2O/c1-3-21-16-10-8-14(9-11-16)13(2)20-19-12-15-6-4-5-7-17(15)18/h4-11,19H,3,12H2,1-2H3/b20-13-. The van der Waals surface area contributed by atoms with Crippen molar-refractivity contribution in [2.24, 2.45) is 5.10 Å². The van der Waals surface area contributed by atoms with Crippen molar-refractivity contribution in [3.05, 3.63) is 64.7 Å². The zero-order valence-corrected chi connectivity index (χ0v) is 13.0. The average Bonchev–Trinajstić information content (AvgIpc) is 2.50. The van der Waals surface area contributed by atoms with Crippen LogP contribution in [0.3, 0.4) is 0 Å². The average molecular weight is 303 g/mol. The van der Waals surface area contributed by atoms with E-state index < -0.39 is 0 Å². The topological polar surface area (TPSA) is 33.6 Å². The van der Waals surface area contributed by atoms with Crippen LogP contribution in [0.4, 0.5) is 0 Å².